The minimum absolute atomic E-state index is 0.564. The number of nitrogens with zero attached hydrogens (tertiary/aromatic N) is 2. The zero-order chi connectivity index (χ0) is 17.1. The summed E-state index contributed by atoms with van der Waals surface area (Å²) in [6, 6.07) is 16.5. The molecular formula is C20H23ClN2O. The van der Waals surface area contributed by atoms with Crippen LogP contribution in [0.4, 0.5) is 0 Å². The Bertz CT molecular complexity index is 827. The Morgan fingerprint density at radius 3 is 2.58 bits per heavy atom. The lowest BCUT2D eigenvalue weighted by molar-refractivity contribution is 0.159. The molecular weight excluding hydrogens is 320 g/mol. The van der Waals surface area contributed by atoms with Gasteiger partial charge in [0.1, 0.15) is 12.5 Å². The summed E-state index contributed by atoms with van der Waals surface area (Å²) in [6.07, 6.45) is 0. The van der Waals surface area contributed by atoms with Gasteiger partial charge < -0.3 is 9.30 Å². The maximum atomic E-state index is 6.23. The smallest absolute Gasteiger partial charge is 0.149 e. The fourth-order valence-electron chi connectivity index (χ4n) is 2.84. The Hall–Kier alpha value is -1.97. The van der Waals surface area contributed by atoms with E-state index in [-0.39, 0.29) is 0 Å². The molecule has 1 heterocycles. The lowest BCUT2D eigenvalue weighted by Gasteiger charge is -2.15. The Morgan fingerprint density at radius 2 is 1.88 bits per heavy atom. The van der Waals surface area contributed by atoms with Gasteiger partial charge in [-0.05, 0) is 44.3 Å². The van der Waals surface area contributed by atoms with Crippen LogP contribution in [-0.2, 0) is 6.54 Å². The molecule has 3 nitrogen and oxygen atoms in total. The summed E-state index contributed by atoms with van der Waals surface area (Å²) in [5.74, 6) is 0.920. The van der Waals surface area contributed by atoms with E-state index in [2.05, 4.69) is 53.6 Å². The summed E-state index contributed by atoms with van der Waals surface area (Å²) in [5.41, 5.74) is 3.54. The molecule has 0 amide bonds. The van der Waals surface area contributed by atoms with Crippen LogP contribution in [0.15, 0.2) is 48.5 Å². The van der Waals surface area contributed by atoms with E-state index in [1.807, 2.05) is 25.2 Å². The highest BCUT2D eigenvalue weighted by Crippen LogP contribution is 2.35. The van der Waals surface area contributed by atoms with Crippen LogP contribution in [0.5, 0.6) is 5.75 Å². The molecule has 0 spiro atoms. The average molecular weight is 343 g/mol. The standard InChI is InChI=1S/C20H23ClN2O/c1-4-22(3)14-24-20-15(2)23(13-16-8-6-5-7-9-16)19-11-10-17(21)12-18(19)20/h5-12H,4,13-14H2,1-3H3. The van der Waals surface area contributed by atoms with Gasteiger partial charge in [-0.2, -0.15) is 0 Å². The molecule has 0 saturated heterocycles. The predicted octanol–water partition coefficient (Wildman–Crippen LogP) is 4.94. The molecule has 0 aliphatic heterocycles. The van der Waals surface area contributed by atoms with Crippen molar-refractivity contribution in [3.05, 3.63) is 64.8 Å². The van der Waals surface area contributed by atoms with Crippen LogP contribution in [0, 0.1) is 6.92 Å². The van der Waals surface area contributed by atoms with Crippen molar-refractivity contribution < 1.29 is 4.74 Å². The van der Waals surface area contributed by atoms with Gasteiger partial charge in [-0.1, -0.05) is 48.9 Å². The third-order valence-electron chi connectivity index (χ3n) is 4.38. The number of hydrogen-bond donors (Lipinski definition) is 0. The molecule has 126 valence electrons. The van der Waals surface area contributed by atoms with Crippen LogP contribution in [-0.4, -0.2) is 29.8 Å². The number of halogens is 1. The van der Waals surface area contributed by atoms with Crippen molar-refractivity contribution in [2.45, 2.75) is 20.4 Å². The second kappa shape index (κ2) is 7.29. The molecule has 0 saturated carbocycles. The molecule has 24 heavy (non-hydrogen) atoms. The topological polar surface area (TPSA) is 17.4 Å². The molecule has 3 aromatic rings. The maximum Gasteiger partial charge on any atom is 0.149 e. The SMILES string of the molecule is CCN(C)COc1c(C)n(Cc2ccccc2)c2ccc(Cl)cc12. The van der Waals surface area contributed by atoms with E-state index < -0.39 is 0 Å². The van der Waals surface area contributed by atoms with Gasteiger partial charge in [0.25, 0.3) is 0 Å². The van der Waals surface area contributed by atoms with Gasteiger partial charge in [0.05, 0.1) is 11.2 Å². The lowest BCUT2D eigenvalue weighted by Crippen LogP contribution is -2.23. The van der Waals surface area contributed by atoms with Crippen molar-refractivity contribution in [2.75, 3.05) is 20.3 Å². The molecule has 0 atom stereocenters. The molecule has 0 fully saturated rings. The lowest BCUT2D eigenvalue weighted by atomic mass is 10.2. The number of benzene rings is 2. The predicted molar refractivity (Wildman–Crippen MR) is 101 cm³/mol. The van der Waals surface area contributed by atoms with Crippen LogP contribution >= 0.6 is 11.6 Å². The first kappa shape index (κ1) is 16.9. The highest BCUT2D eigenvalue weighted by atomic mass is 35.5. The van der Waals surface area contributed by atoms with Gasteiger partial charge >= 0.3 is 0 Å². The normalized spacial score (nSPS) is 11.4. The highest BCUT2D eigenvalue weighted by Gasteiger charge is 2.16. The molecule has 3 rings (SSSR count). The Kier molecular flexibility index (Phi) is 5.12. The molecule has 1 aromatic heterocycles. The molecule has 2 aromatic carbocycles. The van der Waals surface area contributed by atoms with Crippen LogP contribution < -0.4 is 4.74 Å². The number of aromatic nitrogens is 1. The maximum absolute atomic E-state index is 6.23. The summed E-state index contributed by atoms with van der Waals surface area (Å²) >= 11 is 6.23. The summed E-state index contributed by atoms with van der Waals surface area (Å²) in [7, 11) is 2.05. The Balaban J connectivity index is 2.03. The van der Waals surface area contributed by atoms with E-state index in [0.717, 1.165) is 40.5 Å². The minimum atomic E-state index is 0.564. The van der Waals surface area contributed by atoms with E-state index >= 15 is 0 Å². The van der Waals surface area contributed by atoms with Crippen LogP contribution in [0.3, 0.4) is 0 Å². The van der Waals surface area contributed by atoms with E-state index in [0.29, 0.717) is 6.73 Å². The third kappa shape index (κ3) is 3.42. The first-order chi connectivity index (χ1) is 11.6. The van der Waals surface area contributed by atoms with Crippen LogP contribution in [0.1, 0.15) is 18.2 Å². The monoisotopic (exact) mass is 342 g/mol. The number of fused-ring (bicyclic) bond motifs is 1. The summed E-state index contributed by atoms with van der Waals surface area (Å²) < 4.78 is 8.42. The van der Waals surface area contributed by atoms with Crippen molar-refractivity contribution in [3.8, 4) is 5.75 Å². The Labute approximate surface area is 148 Å². The largest absolute Gasteiger partial charge is 0.476 e. The molecule has 0 aliphatic rings. The second-order valence-corrected chi connectivity index (χ2v) is 6.53. The van der Waals surface area contributed by atoms with Crippen LogP contribution in [0.25, 0.3) is 10.9 Å². The average Bonchev–Trinajstić information content (AvgIpc) is 2.85. The molecule has 0 N–H and O–H groups in total. The van der Waals surface area contributed by atoms with Crippen LogP contribution in [0.2, 0.25) is 5.02 Å². The fourth-order valence-corrected chi connectivity index (χ4v) is 3.01. The Morgan fingerprint density at radius 1 is 1.12 bits per heavy atom. The van der Waals surface area contributed by atoms with Gasteiger partial charge in [0.2, 0.25) is 0 Å². The van der Waals surface area contributed by atoms with Gasteiger partial charge in [-0.25, -0.2) is 0 Å². The zero-order valence-electron chi connectivity index (χ0n) is 14.4. The van der Waals surface area contributed by atoms with E-state index in [1.54, 1.807) is 0 Å². The first-order valence-electron chi connectivity index (χ1n) is 8.23. The minimum Gasteiger partial charge on any atom is -0.476 e. The second-order valence-electron chi connectivity index (χ2n) is 6.09. The van der Waals surface area contributed by atoms with E-state index in [4.69, 9.17) is 16.3 Å². The van der Waals surface area contributed by atoms with E-state index in [9.17, 15) is 0 Å². The summed E-state index contributed by atoms with van der Waals surface area (Å²) in [4.78, 5) is 2.13. The van der Waals surface area contributed by atoms with Crippen molar-refractivity contribution in [1.82, 2.24) is 9.47 Å². The number of hydrogen-bond acceptors (Lipinski definition) is 2. The van der Waals surface area contributed by atoms with E-state index in [1.165, 1.54) is 5.56 Å². The number of ether oxygens (including phenoxy) is 1. The summed E-state index contributed by atoms with van der Waals surface area (Å²) in [5, 5.41) is 1.80. The van der Waals surface area contributed by atoms with Crippen molar-refractivity contribution in [1.29, 1.82) is 0 Å². The zero-order valence-corrected chi connectivity index (χ0v) is 15.2. The molecule has 0 unspecified atom stereocenters. The summed E-state index contributed by atoms with van der Waals surface area (Å²) in [6.45, 7) is 6.55. The van der Waals surface area contributed by atoms with Crippen molar-refractivity contribution >= 4 is 22.5 Å². The molecule has 0 aliphatic carbocycles. The first-order valence-corrected chi connectivity index (χ1v) is 8.61. The van der Waals surface area contributed by atoms with Gasteiger partial charge in [-0.3, -0.25) is 4.90 Å². The van der Waals surface area contributed by atoms with Gasteiger partial charge in [0.15, 0.2) is 0 Å². The molecule has 0 radical (unpaired) electrons. The van der Waals surface area contributed by atoms with Crippen molar-refractivity contribution in [3.63, 3.8) is 0 Å². The van der Waals surface area contributed by atoms with Crippen molar-refractivity contribution in [2.24, 2.45) is 0 Å². The quantitative estimate of drug-likeness (QED) is 0.590. The molecule has 4 heteroatoms. The fraction of sp³-hybridized carbons (Fsp3) is 0.300. The van der Waals surface area contributed by atoms with Gasteiger partial charge in [0, 0.05) is 17.0 Å². The highest BCUT2D eigenvalue weighted by molar-refractivity contribution is 6.31. The van der Waals surface area contributed by atoms with Gasteiger partial charge in [-0.15, -0.1) is 0 Å². The molecule has 0 bridgehead atoms. The third-order valence-corrected chi connectivity index (χ3v) is 4.62. The number of rotatable bonds is 6.